The zero-order valence-corrected chi connectivity index (χ0v) is 11.8. The molecule has 1 aromatic carbocycles. The molecule has 2 aromatic rings. The first-order chi connectivity index (χ1) is 8.08. The van der Waals surface area contributed by atoms with Crippen LogP contribution in [0.1, 0.15) is 34.9 Å². The number of hydrogen-bond acceptors (Lipinski definition) is 2. The third-order valence-corrected chi connectivity index (χ3v) is 3.97. The van der Waals surface area contributed by atoms with Gasteiger partial charge in [-0.3, -0.25) is 0 Å². The van der Waals surface area contributed by atoms with Gasteiger partial charge < -0.3 is 9.52 Å². The molecule has 3 nitrogen and oxygen atoms in total. The molecule has 0 atom stereocenters. The maximum atomic E-state index is 11.2. The molecule has 0 unspecified atom stereocenters. The van der Waals surface area contributed by atoms with Crippen LogP contribution in [-0.4, -0.2) is 11.1 Å². The molecule has 1 saturated carbocycles. The van der Waals surface area contributed by atoms with Crippen LogP contribution in [0.2, 0.25) is 0 Å². The van der Waals surface area contributed by atoms with Crippen LogP contribution in [0.5, 0.6) is 0 Å². The van der Waals surface area contributed by atoms with Crippen molar-refractivity contribution in [2.24, 2.45) is 0 Å². The highest BCUT2D eigenvalue weighted by Gasteiger charge is 2.33. The van der Waals surface area contributed by atoms with Crippen molar-refractivity contribution in [1.29, 1.82) is 0 Å². The number of halogens is 2. The normalized spacial score (nSPS) is 15.4. The number of rotatable bonds is 2. The fraction of sp³-hybridized carbons (Fsp3) is 0.250. The van der Waals surface area contributed by atoms with Gasteiger partial charge in [-0.2, -0.15) is 0 Å². The van der Waals surface area contributed by atoms with E-state index in [1.165, 1.54) is 0 Å². The standard InChI is InChI=1S/C12H8Br2O3/c13-6-3-7-9(5-1-2-5)11(12(15)16)17-10(7)8(14)4-6/h3-5H,1-2H2,(H,15,16). The molecule has 88 valence electrons. The van der Waals surface area contributed by atoms with Gasteiger partial charge in [0.15, 0.2) is 0 Å². The zero-order chi connectivity index (χ0) is 12.2. The molecule has 1 aromatic heterocycles. The second-order valence-corrected chi connectivity index (χ2v) is 5.96. The molecule has 1 aliphatic rings. The highest BCUT2D eigenvalue weighted by atomic mass is 79.9. The van der Waals surface area contributed by atoms with Gasteiger partial charge in [0.2, 0.25) is 5.76 Å². The molecule has 17 heavy (non-hydrogen) atoms. The Balaban J connectivity index is 2.38. The summed E-state index contributed by atoms with van der Waals surface area (Å²) in [5.41, 5.74) is 1.46. The Hall–Kier alpha value is -0.810. The molecule has 1 aliphatic carbocycles. The third-order valence-electron chi connectivity index (χ3n) is 2.93. The first-order valence-electron chi connectivity index (χ1n) is 5.22. The summed E-state index contributed by atoms with van der Waals surface area (Å²) >= 11 is 6.81. The Bertz CT molecular complexity index is 626. The largest absolute Gasteiger partial charge is 0.475 e. The topological polar surface area (TPSA) is 50.4 Å². The average Bonchev–Trinajstić information content (AvgIpc) is 2.99. The summed E-state index contributed by atoms with van der Waals surface area (Å²) < 4.78 is 7.17. The molecule has 0 bridgehead atoms. The Morgan fingerprint density at radius 2 is 2.06 bits per heavy atom. The monoisotopic (exact) mass is 358 g/mol. The lowest BCUT2D eigenvalue weighted by Gasteiger charge is -1.97. The fourth-order valence-corrected chi connectivity index (χ4v) is 3.39. The Labute approximate surface area is 114 Å². The number of fused-ring (bicyclic) bond motifs is 1. The van der Waals surface area contributed by atoms with Crippen molar-refractivity contribution in [3.8, 4) is 0 Å². The molecule has 1 fully saturated rings. The van der Waals surface area contributed by atoms with Crippen LogP contribution in [0.25, 0.3) is 11.0 Å². The average molecular weight is 360 g/mol. The van der Waals surface area contributed by atoms with E-state index in [-0.39, 0.29) is 5.76 Å². The number of benzene rings is 1. The van der Waals surface area contributed by atoms with Crippen LogP contribution in [0.4, 0.5) is 0 Å². The molecule has 1 heterocycles. The molecule has 0 aliphatic heterocycles. The van der Waals surface area contributed by atoms with Gasteiger partial charge in [0, 0.05) is 15.4 Å². The molecule has 0 saturated heterocycles. The van der Waals surface area contributed by atoms with E-state index in [4.69, 9.17) is 4.42 Å². The zero-order valence-electron chi connectivity index (χ0n) is 8.67. The molecule has 5 heteroatoms. The van der Waals surface area contributed by atoms with Crippen LogP contribution in [0.15, 0.2) is 25.5 Å². The van der Waals surface area contributed by atoms with Crippen LogP contribution in [0, 0.1) is 0 Å². The summed E-state index contributed by atoms with van der Waals surface area (Å²) in [5, 5.41) is 10.1. The van der Waals surface area contributed by atoms with E-state index in [1.807, 2.05) is 12.1 Å². The van der Waals surface area contributed by atoms with E-state index >= 15 is 0 Å². The number of carbonyl (C=O) groups is 1. The van der Waals surface area contributed by atoms with Crippen molar-refractivity contribution in [1.82, 2.24) is 0 Å². The predicted molar refractivity (Wildman–Crippen MR) is 70.5 cm³/mol. The van der Waals surface area contributed by atoms with E-state index in [2.05, 4.69) is 31.9 Å². The smallest absolute Gasteiger partial charge is 0.372 e. The molecule has 0 radical (unpaired) electrons. The predicted octanol–water partition coefficient (Wildman–Crippen LogP) is 4.53. The van der Waals surface area contributed by atoms with Crippen molar-refractivity contribution in [2.45, 2.75) is 18.8 Å². The minimum Gasteiger partial charge on any atom is -0.475 e. The van der Waals surface area contributed by atoms with Crippen molar-refractivity contribution in [2.75, 3.05) is 0 Å². The lowest BCUT2D eigenvalue weighted by molar-refractivity contribution is 0.0663. The van der Waals surface area contributed by atoms with E-state index in [0.29, 0.717) is 11.5 Å². The molecule has 0 spiro atoms. The lowest BCUT2D eigenvalue weighted by atomic mass is 10.1. The number of carboxylic acids is 1. The highest BCUT2D eigenvalue weighted by Crippen LogP contribution is 2.47. The Morgan fingerprint density at radius 3 is 2.65 bits per heavy atom. The number of furan rings is 1. The second-order valence-electron chi connectivity index (χ2n) is 4.19. The van der Waals surface area contributed by atoms with Crippen LogP contribution >= 0.6 is 31.9 Å². The molecular formula is C12H8Br2O3. The summed E-state index contributed by atoms with van der Waals surface area (Å²) in [7, 11) is 0. The van der Waals surface area contributed by atoms with Crippen molar-refractivity contribution in [3.05, 3.63) is 32.4 Å². The maximum Gasteiger partial charge on any atom is 0.372 e. The van der Waals surface area contributed by atoms with Gasteiger partial charge in [0.05, 0.1) is 4.47 Å². The van der Waals surface area contributed by atoms with Gasteiger partial charge in [0.1, 0.15) is 5.58 Å². The van der Waals surface area contributed by atoms with Crippen LogP contribution < -0.4 is 0 Å². The fourth-order valence-electron chi connectivity index (χ4n) is 2.08. The number of carboxylic acid groups (broad SMARTS) is 1. The van der Waals surface area contributed by atoms with Crippen molar-refractivity contribution in [3.63, 3.8) is 0 Å². The number of hydrogen-bond donors (Lipinski definition) is 1. The Kier molecular flexibility index (Phi) is 2.56. The van der Waals surface area contributed by atoms with Gasteiger partial charge in [-0.15, -0.1) is 0 Å². The molecule has 1 N–H and O–H groups in total. The molecule has 3 rings (SSSR count). The van der Waals surface area contributed by atoms with Gasteiger partial charge in [0.25, 0.3) is 0 Å². The van der Waals surface area contributed by atoms with E-state index in [1.54, 1.807) is 0 Å². The lowest BCUT2D eigenvalue weighted by Crippen LogP contribution is -1.97. The summed E-state index contributed by atoms with van der Waals surface area (Å²) in [6.45, 7) is 0. The van der Waals surface area contributed by atoms with Gasteiger partial charge in [-0.25, -0.2) is 4.79 Å². The maximum absolute atomic E-state index is 11.2. The van der Waals surface area contributed by atoms with E-state index < -0.39 is 5.97 Å². The molecular weight excluding hydrogens is 352 g/mol. The van der Waals surface area contributed by atoms with Crippen molar-refractivity contribution < 1.29 is 14.3 Å². The second kappa shape index (κ2) is 3.85. The molecule has 0 amide bonds. The van der Waals surface area contributed by atoms with Gasteiger partial charge in [-0.1, -0.05) is 15.9 Å². The summed E-state index contributed by atoms with van der Waals surface area (Å²) in [5.74, 6) is -0.573. The van der Waals surface area contributed by atoms with Crippen LogP contribution in [-0.2, 0) is 0 Å². The van der Waals surface area contributed by atoms with E-state index in [9.17, 15) is 9.90 Å². The highest BCUT2D eigenvalue weighted by molar-refractivity contribution is 9.11. The van der Waals surface area contributed by atoms with E-state index in [0.717, 1.165) is 32.7 Å². The van der Waals surface area contributed by atoms with Gasteiger partial charge >= 0.3 is 5.97 Å². The first kappa shape index (κ1) is 11.3. The summed E-state index contributed by atoms with van der Waals surface area (Å²) in [6.07, 6.45) is 2.08. The Morgan fingerprint density at radius 1 is 1.35 bits per heavy atom. The number of aromatic carboxylic acids is 1. The van der Waals surface area contributed by atoms with Crippen LogP contribution in [0.3, 0.4) is 0 Å². The SMILES string of the molecule is O=C(O)c1oc2c(Br)cc(Br)cc2c1C1CC1. The minimum absolute atomic E-state index is 0.0845. The minimum atomic E-state index is -0.994. The quantitative estimate of drug-likeness (QED) is 0.856. The third kappa shape index (κ3) is 1.81. The van der Waals surface area contributed by atoms with Crippen molar-refractivity contribution >= 4 is 48.8 Å². The van der Waals surface area contributed by atoms with Gasteiger partial charge in [-0.05, 0) is 46.8 Å². The summed E-state index contributed by atoms with van der Waals surface area (Å²) in [4.78, 5) is 11.2. The summed E-state index contributed by atoms with van der Waals surface area (Å²) in [6, 6.07) is 3.78. The first-order valence-corrected chi connectivity index (χ1v) is 6.81.